The van der Waals surface area contributed by atoms with Crippen molar-refractivity contribution in [3.05, 3.63) is 0 Å². The summed E-state index contributed by atoms with van der Waals surface area (Å²) in [5.74, 6) is 1.95. The molecule has 1 fully saturated rings. The molecule has 1 saturated carbocycles. The summed E-state index contributed by atoms with van der Waals surface area (Å²) in [5.41, 5.74) is 0. The molecule has 94 valence electrons. The molecular formula is C14H26O2. The van der Waals surface area contributed by atoms with E-state index in [1.54, 1.807) is 0 Å². The molecular weight excluding hydrogens is 200 g/mol. The van der Waals surface area contributed by atoms with Gasteiger partial charge in [0.05, 0.1) is 6.10 Å². The minimum absolute atomic E-state index is 0.356. The fourth-order valence-electron chi connectivity index (χ4n) is 2.71. The average Bonchev–Trinajstić information content (AvgIpc) is 2.22. The Kier molecular flexibility index (Phi) is 6.04. The summed E-state index contributed by atoms with van der Waals surface area (Å²) in [5, 5.41) is 0. The van der Waals surface area contributed by atoms with Crippen molar-refractivity contribution >= 4 is 5.78 Å². The topological polar surface area (TPSA) is 26.3 Å². The molecule has 0 heterocycles. The highest BCUT2D eigenvalue weighted by molar-refractivity contribution is 5.77. The fourth-order valence-corrected chi connectivity index (χ4v) is 2.71. The first kappa shape index (κ1) is 13.7. The van der Waals surface area contributed by atoms with E-state index in [1.807, 2.05) is 6.92 Å². The van der Waals surface area contributed by atoms with Gasteiger partial charge in [0, 0.05) is 19.4 Å². The summed E-state index contributed by atoms with van der Waals surface area (Å²) >= 11 is 0. The highest BCUT2D eigenvalue weighted by Gasteiger charge is 2.24. The van der Waals surface area contributed by atoms with Crippen LogP contribution in [0.5, 0.6) is 0 Å². The molecule has 1 rings (SSSR count). The van der Waals surface area contributed by atoms with Crippen molar-refractivity contribution in [2.75, 3.05) is 6.61 Å². The number of ketones is 1. The number of carbonyl (C=O) groups is 1. The molecule has 2 unspecified atom stereocenters. The Morgan fingerprint density at radius 3 is 2.38 bits per heavy atom. The van der Waals surface area contributed by atoms with E-state index in [4.69, 9.17) is 4.74 Å². The predicted octanol–water partition coefficient (Wildman–Crippen LogP) is 3.59. The minimum atomic E-state index is 0.356. The van der Waals surface area contributed by atoms with Crippen LogP contribution in [0.1, 0.15) is 59.3 Å². The van der Waals surface area contributed by atoms with Gasteiger partial charge in [0.15, 0.2) is 0 Å². The van der Waals surface area contributed by atoms with Crippen molar-refractivity contribution in [1.29, 1.82) is 0 Å². The Morgan fingerprint density at radius 1 is 1.19 bits per heavy atom. The molecule has 0 saturated heterocycles. The third-order valence-corrected chi connectivity index (χ3v) is 3.48. The molecule has 16 heavy (non-hydrogen) atoms. The zero-order valence-corrected chi connectivity index (χ0v) is 11.0. The van der Waals surface area contributed by atoms with Gasteiger partial charge in [-0.05, 0) is 37.5 Å². The van der Waals surface area contributed by atoms with Crippen LogP contribution in [0.15, 0.2) is 0 Å². The lowest BCUT2D eigenvalue weighted by Gasteiger charge is -2.31. The molecule has 2 nitrogen and oxygen atoms in total. The first-order valence-corrected chi connectivity index (χ1v) is 6.75. The fraction of sp³-hybridized carbons (Fsp3) is 0.929. The maximum Gasteiger partial charge on any atom is 0.132 e. The van der Waals surface area contributed by atoms with Gasteiger partial charge in [-0.25, -0.2) is 0 Å². The Bertz CT molecular complexity index is 203. The van der Waals surface area contributed by atoms with Gasteiger partial charge < -0.3 is 4.74 Å². The molecule has 0 bridgehead atoms. The lowest BCUT2D eigenvalue weighted by Crippen LogP contribution is -2.26. The SMILES string of the molecule is CCC(=O)CCCOC1CC(C)CC(C)C1. The van der Waals surface area contributed by atoms with Crippen LogP contribution in [0.2, 0.25) is 0 Å². The van der Waals surface area contributed by atoms with Gasteiger partial charge in [0.1, 0.15) is 5.78 Å². The van der Waals surface area contributed by atoms with Gasteiger partial charge in [-0.15, -0.1) is 0 Å². The second-order valence-electron chi connectivity index (χ2n) is 5.41. The number of ether oxygens (including phenoxy) is 1. The van der Waals surface area contributed by atoms with Gasteiger partial charge in [-0.2, -0.15) is 0 Å². The molecule has 0 aliphatic heterocycles. The van der Waals surface area contributed by atoms with E-state index in [0.29, 0.717) is 24.7 Å². The number of carbonyl (C=O) groups excluding carboxylic acids is 1. The Labute approximate surface area is 99.8 Å². The lowest BCUT2D eigenvalue weighted by molar-refractivity contribution is -0.119. The average molecular weight is 226 g/mol. The van der Waals surface area contributed by atoms with Gasteiger partial charge in [0.25, 0.3) is 0 Å². The van der Waals surface area contributed by atoms with Crippen molar-refractivity contribution in [3.8, 4) is 0 Å². The zero-order valence-electron chi connectivity index (χ0n) is 11.0. The maximum absolute atomic E-state index is 11.1. The van der Waals surface area contributed by atoms with Crippen LogP contribution in [0, 0.1) is 11.8 Å². The summed E-state index contributed by atoms with van der Waals surface area (Å²) in [6.45, 7) is 7.31. The number of rotatable bonds is 6. The first-order chi connectivity index (χ1) is 7.61. The molecule has 0 aromatic rings. The minimum Gasteiger partial charge on any atom is -0.378 e. The van der Waals surface area contributed by atoms with Crippen LogP contribution in [0.4, 0.5) is 0 Å². The third kappa shape index (κ3) is 5.11. The molecule has 0 radical (unpaired) electrons. The van der Waals surface area contributed by atoms with Gasteiger partial charge >= 0.3 is 0 Å². The molecule has 0 spiro atoms. The highest BCUT2D eigenvalue weighted by atomic mass is 16.5. The highest BCUT2D eigenvalue weighted by Crippen LogP contribution is 2.30. The summed E-state index contributed by atoms with van der Waals surface area (Å²) in [7, 11) is 0. The van der Waals surface area contributed by atoms with Gasteiger partial charge in [-0.3, -0.25) is 4.79 Å². The molecule has 0 aromatic carbocycles. The normalized spacial score (nSPS) is 30.3. The van der Waals surface area contributed by atoms with E-state index in [0.717, 1.165) is 24.9 Å². The standard InChI is InChI=1S/C14H26O2/c1-4-13(15)6-5-7-16-14-9-11(2)8-12(3)10-14/h11-12,14H,4-10H2,1-3H3. The van der Waals surface area contributed by atoms with Crippen LogP contribution >= 0.6 is 0 Å². The van der Waals surface area contributed by atoms with E-state index < -0.39 is 0 Å². The van der Waals surface area contributed by atoms with Crippen molar-refractivity contribution < 1.29 is 9.53 Å². The molecule has 2 heteroatoms. The maximum atomic E-state index is 11.1. The van der Waals surface area contributed by atoms with Crippen molar-refractivity contribution in [1.82, 2.24) is 0 Å². The van der Waals surface area contributed by atoms with Crippen LogP contribution in [0.3, 0.4) is 0 Å². The lowest BCUT2D eigenvalue weighted by atomic mass is 9.82. The summed E-state index contributed by atoms with van der Waals surface area (Å²) in [4.78, 5) is 11.1. The van der Waals surface area contributed by atoms with E-state index in [9.17, 15) is 4.79 Å². The molecule has 1 aliphatic rings. The van der Waals surface area contributed by atoms with Crippen LogP contribution in [-0.2, 0) is 9.53 Å². The summed E-state index contributed by atoms with van der Waals surface area (Å²) in [6.07, 6.45) is 6.43. The quantitative estimate of drug-likeness (QED) is 0.647. The van der Waals surface area contributed by atoms with E-state index in [-0.39, 0.29) is 0 Å². The monoisotopic (exact) mass is 226 g/mol. The van der Waals surface area contributed by atoms with Crippen LogP contribution < -0.4 is 0 Å². The second kappa shape index (κ2) is 7.05. The molecule has 0 aromatic heterocycles. The number of hydrogen-bond donors (Lipinski definition) is 0. The third-order valence-electron chi connectivity index (χ3n) is 3.48. The predicted molar refractivity (Wildman–Crippen MR) is 66.5 cm³/mol. The van der Waals surface area contributed by atoms with E-state index in [2.05, 4.69) is 13.8 Å². The second-order valence-corrected chi connectivity index (χ2v) is 5.41. The molecule has 0 amide bonds. The first-order valence-electron chi connectivity index (χ1n) is 6.75. The zero-order chi connectivity index (χ0) is 12.0. The Balaban J connectivity index is 2.10. The summed E-state index contributed by atoms with van der Waals surface area (Å²) < 4.78 is 5.87. The molecule has 1 aliphatic carbocycles. The number of Topliss-reactive ketones (excluding diaryl/α,β-unsaturated/α-hetero) is 1. The van der Waals surface area contributed by atoms with Gasteiger partial charge in [-0.1, -0.05) is 20.8 Å². The van der Waals surface area contributed by atoms with E-state index >= 15 is 0 Å². The van der Waals surface area contributed by atoms with Crippen molar-refractivity contribution in [3.63, 3.8) is 0 Å². The molecule has 2 atom stereocenters. The van der Waals surface area contributed by atoms with Crippen molar-refractivity contribution in [2.24, 2.45) is 11.8 Å². The molecule has 0 N–H and O–H groups in total. The summed E-state index contributed by atoms with van der Waals surface area (Å²) in [6, 6.07) is 0. The van der Waals surface area contributed by atoms with Crippen molar-refractivity contribution in [2.45, 2.75) is 65.4 Å². The Morgan fingerprint density at radius 2 is 1.81 bits per heavy atom. The number of hydrogen-bond acceptors (Lipinski definition) is 2. The largest absolute Gasteiger partial charge is 0.378 e. The van der Waals surface area contributed by atoms with Crippen LogP contribution in [0.25, 0.3) is 0 Å². The van der Waals surface area contributed by atoms with Crippen LogP contribution in [-0.4, -0.2) is 18.5 Å². The Hall–Kier alpha value is -0.370. The van der Waals surface area contributed by atoms with E-state index in [1.165, 1.54) is 19.3 Å². The van der Waals surface area contributed by atoms with Gasteiger partial charge in [0.2, 0.25) is 0 Å². The smallest absolute Gasteiger partial charge is 0.132 e.